The molecule has 0 amide bonds. The van der Waals surface area contributed by atoms with Gasteiger partial charge in [0.2, 0.25) is 0 Å². The van der Waals surface area contributed by atoms with Crippen LogP contribution < -0.4 is 10.1 Å². The number of rotatable bonds is 4. The summed E-state index contributed by atoms with van der Waals surface area (Å²) in [7, 11) is 1.40. The molecule has 0 aliphatic rings. The lowest BCUT2D eigenvalue weighted by Crippen LogP contribution is -2.00. The van der Waals surface area contributed by atoms with E-state index < -0.39 is 11.6 Å². The smallest absolute Gasteiger partial charge is 0.167 e. The van der Waals surface area contributed by atoms with Crippen LogP contribution in [0.5, 0.6) is 5.75 Å². The van der Waals surface area contributed by atoms with Gasteiger partial charge >= 0.3 is 0 Å². The zero-order valence-corrected chi connectivity index (χ0v) is 11.0. The predicted octanol–water partition coefficient (Wildman–Crippen LogP) is 4.24. The van der Waals surface area contributed by atoms with Crippen LogP contribution in [0.4, 0.5) is 14.5 Å². The Morgan fingerprint density at radius 3 is 2.58 bits per heavy atom. The number of ether oxygens (including phenoxy) is 1. The van der Waals surface area contributed by atoms with Crippen LogP contribution in [-0.2, 0) is 6.54 Å². The van der Waals surface area contributed by atoms with E-state index in [1.807, 2.05) is 0 Å². The maximum Gasteiger partial charge on any atom is 0.167 e. The third-order valence-electron chi connectivity index (χ3n) is 2.57. The van der Waals surface area contributed by atoms with Crippen LogP contribution in [0.15, 0.2) is 36.4 Å². The van der Waals surface area contributed by atoms with Crippen LogP contribution in [0, 0.1) is 11.6 Å². The van der Waals surface area contributed by atoms with Crippen molar-refractivity contribution in [2.75, 3.05) is 12.4 Å². The first-order valence-corrected chi connectivity index (χ1v) is 5.98. The van der Waals surface area contributed by atoms with Crippen LogP contribution in [0.1, 0.15) is 5.56 Å². The maximum absolute atomic E-state index is 13.5. The summed E-state index contributed by atoms with van der Waals surface area (Å²) in [5, 5.41) is 3.32. The van der Waals surface area contributed by atoms with E-state index in [0.29, 0.717) is 22.8 Å². The Kier molecular flexibility index (Phi) is 4.22. The van der Waals surface area contributed by atoms with Crippen molar-refractivity contribution in [2.45, 2.75) is 6.54 Å². The lowest BCUT2D eigenvalue weighted by atomic mass is 10.2. The molecule has 5 heteroatoms. The average molecular weight is 284 g/mol. The first-order valence-electron chi connectivity index (χ1n) is 5.61. The molecule has 0 atom stereocenters. The van der Waals surface area contributed by atoms with Gasteiger partial charge in [-0.3, -0.25) is 0 Å². The number of halogens is 3. The molecule has 0 heterocycles. The standard InChI is InChI=1S/C14H12ClF2NO/c1-19-14-3-2-12(7-13(14)17)18-8-9-4-10(15)6-11(16)5-9/h2-7,18H,8H2,1H3. The number of methoxy groups -OCH3 is 1. The number of hydrogen-bond donors (Lipinski definition) is 1. The zero-order chi connectivity index (χ0) is 13.8. The Morgan fingerprint density at radius 1 is 1.16 bits per heavy atom. The van der Waals surface area contributed by atoms with Crippen molar-refractivity contribution in [3.63, 3.8) is 0 Å². The minimum Gasteiger partial charge on any atom is -0.494 e. The highest BCUT2D eigenvalue weighted by Gasteiger charge is 2.04. The lowest BCUT2D eigenvalue weighted by Gasteiger charge is -2.09. The second-order valence-corrected chi connectivity index (χ2v) is 4.42. The largest absolute Gasteiger partial charge is 0.494 e. The minimum absolute atomic E-state index is 0.180. The third kappa shape index (κ3) is 3.58. The number of anilines is 1. The van der Waals surface area contributed by atoms with Crippen molar-refractivity contribution >= 4 is 17.3 Å². The predicted molar refractivity (Wildman–Crippen MR) is 71.7 cm³/mol. The highest BCUT2D eigenvalue weighted by Crippen LogP contribution is 2.21. The number of nitrogens with one attached hydrogen (secondary N) is 1. The summed E-state index contributed by atoms with van der Waals surface area (Å²) < 4.78 is 31.4. The SMILES string of the molecule is COc1ccc(NCc2cc(F)cc(Cl)c2)cc1F. The molecular formula is C14H12ClF2NO. The fourth-order valence-electron chi connectivity index (χ4n) is 1.69. The van der Waals surface area contributed by atoms with Gasteiger partial charge in [-0.15, -0.1) is 0 Å². The van der Waals surface area contributed by atoms with E-state index in [9.17, 15) is 8.78 Å². The summed E-state index contributed by atoms with van der Waals surface area (Å²) in [6.07, 6.45) is 0. The van der Waals surface area contributed by atoms with E-state index in [4.69, 9.17) is 16.3 Å². The molecule has 0 saturated carbocycles. The Balaban J connectivity index is 2.08. The van der Waals surface area contributed by atoms with E-state index in [1.165, 1.54) is 31.4 Å². The first kappa shape index (κ1) is 13.6. The molecule has 0 aliphatic carbocycles. The maximum atomic E-state index is 13.5. The van der Waals surface area contributed by atoms with Crippen molar-refractivity contribution in [1.82, 2.24) is 0 Å². The van der Waals surface area contributed by atoms with Gasteiger partial charge in [-0.1, -0.05) is 11.6 Å². The van der Waals surface area contributed by atoms with E-state index in [1.54, 1.807) is 12.1 Å². The van der Waals surface area contributed by atoms with E-state index in [-0.39, 0.29) is 5.75 Å². The molecule has 2 aromatic carbocycles. The molecule has 0 fully saturated rings. The lowest BCUT2D eigenvalue weighted by molar-refractivity contribution is 0.386. The van der Waals surface area contributed by atoms with Crippen molar-refractivity contribution in [3.05, 3.63) is 58.6 Å². The van der Waals surface area contributed by atoms with Gasteiger partial charge in [0.25, 0.3) is 0 Å². The highest BCUT2D eigenvalue weighted by atomic mass is 35.5. The molecule has 2 nitrogen and oxygen atoms in total. The molecule has 0 aliphatic heterocycles. The molecule has 0 bridgehead atoms. The van der Waals surface area contributed by atoms with Crippen LogP contribution >= 0.6 is 11.6 Å². The van der Waals surface area contributed by atoms with Gasteiger partial charge in [0.1, 0.15) is 5.82 Å². The van der Waals surface area contributed by atoms with Gasteiger partial charge in [0.15, 0.2) is 11.6 Å². The second kappa shape index (κ2) is 5.89. The molecular weight excluding hydrogens is 272 g/mol. The van der Waals surface area contributed by atoms with Gasteiger partial charge in [0, 0.05) is 23.3 Å². The van der Waals surface area contributed by atoms with Crippen molar-refractivity contribution in [1.29, 1.82) is 0 Å². The topological polar surface area (TPSA) is 21.3 Å². The molecule has 0 aromatic heterocycles. The van der Waals surface area contributed by atoms with Gasteiger partial charge in [-0.2, -0.15) is 0 Å². The summed E-state index contributed by atoms with van der Waals surface area (Å²) in [4.78, 5) is 0. The quantitative estimate of drug-likeness (QED) is 0.906. The number of benzene rings is 2. The Morgan fingerprint density at radius 2 is 1.95 bits per heavy atom. The van der Waals surface area contributed by atoms with Gasteiger partial charge < -0.3 is 10.1 Å². The van der Waals surface area contributed by atoms with Crippen LogP contribution in [0.25, 0.3) is 0 Å². The van der Waals surface area contributed by atoms with E-state index in [2.05, 4.69) is 5.32 Å². The van der Waals surface area contributed by atoms with Crippen LogP contribution in [0.3, 0.4) is 0 Å². The molecule has 0 radical (unpaired) electrons. The summed E-state index contributed by atoms with van der Waals surface area (Å²) in [5.41, 5.74) is 1.26. The molecule has 0 unspecified atom stereocenters. The molecule has 0 saturated heterocycles. The number of hydrogen-bond acceptors (Lipinski definition) is 2. The normalized spacial score (nSPS) is 10.3. The van der Waals surface area contributed by atoms with Crippen molar-refractivity contribution < 1.29 is 13.5 Å². The second-order valence-electron chi connectivity index (χ2n) is 3.98. The van der Waals surface area contributed by atoms with Crippen molar-refractivity contribution in [2.24, 2.45) is 0 Å². The fourth-order valence-corrected chi connectivity index (χ4v) is 1.94. The summed E-state index contributed by atoms with van der Waals surface area (Å²) in [5.74, 6) is -0.672. The van der Waals surface area contributed by atoms with Crippen molar-refractivity contribution in [3.8, 4) is 5.75 Å². The summed E-state index contributed by atoms with van der Waals surface area (Å²) in [6, 6.07) is 8.78. The minimum atomic E-state index is -0.454. The first-order chi connectivity index (χ1) is 9.08. The Hall–Kier alpha value is -1.81. The molecule has 0 spiro atoms. The third-order valence-corrected chi connectivity index (χ3v) is 2.79. The summed E-state index contributed by atoms with van der Waals surface area (Å²) in [6.45, 7) is 0.350. The molecule has 100 valence electrons. The van der Waals surface area contributed by atoms with Gasteiger partial charge in [0.05, 0.1) is 7.11 Å². The van der Waals surface area contributed by atoms with E-state index >= 15 is 0 Å². The van der Waals surface area contributed by atoms with Crippen LogP contribution in [0.2, 0.25) is 5.02 Å². The zero-order valence-electron chi connectivity index (χ0n) is 10.2. The highest BCUT2D eigenvalue weighted by molar-refractivity contribution is 6.30. The average Bonchev–Trinajstić information content (AvgIpc) is 2.35. The Labute approximate surface area is 115 Å². The fraction of sp³-hybridized carbons (Fsp3) is 0.143. The summed E-state index contributed by atoms with van der Waals surface area (Å²) >= 11 is 5.75. The van der Waals surface area contributed by atoms with Gasteiger partial charge in [-0.25, -0.2) is 8.78 Å². The van der Waals surface area contributed by atoms with Crippen LogP contribution in [-0.4, -0.2) is 7.11 Å². The molecule has 2 rings (SSSR count). The Bertz CT molecular complexity index is 569. The monoisotopic (exact) mass is 283 g/mol. The van der Waals surface area contributed by atoms with Gasteiger partial charge in [-0.05, 0) is 35.9 Å². The molecule has 19 heavy (non-hydrogen) atoms. The molecule has 2 aromatic rings. The van der Waals surface area contributed by atoms with E-state index in [0.717, 1.165) is 0 Å². The molecule has 1 N–H and O–H groups in total.